The van der Waals surface area contributed by atoms with Crippen LogP contribution in [0.5, 0.6) is 5.75 Å². The van der Waals surface area contributed by atoms with E-state index < -0.39 is 5.97 Å². The molecular weight excluding hydrogens is 286 g/mol. The third-order valence-corrected chi connectivity index (χ3v) is 3.04. The summed E-state index contributed by atoms with van der Waals surface area (Å²) < 4.78 is 6.81. The fourth-order valence-electron chi connectivity index (χ4n) is 1.95. The van der Waals surface area contributed by atoms with Crippen LogP contribution < -0.4 is 10.1 Å². The van der Waals surface area contributed by atoms with E-state index in [2.05, 4.69) is 10.4 Å². The van der Waals surface area contributed by atoms with Crippen molar-refractivity contribution in [2.24, 2.45) is 0 Å². The van der Waals surface area contributed by atoms with Gasteiger partial charge >= 0.3 is 5.97 Å². The lowest BCUT2D eigenvalue weighted by molar-refractivity contribution is 0.0696. The number of aryl methyl sites for hydroxylation is 1. The van der Waals surface area contributed by atoms with Crippen molar-refractivity contribution >= 4 is 17.6 Å². The van der Waals surface area contributed by atoms with Crippen molar-refractivity contribution in [1.29, 1.82) is 0 Å². The number of rotatable bonds is 6. The Bertz CT molecular complexity index is 694. The molecule has 2 N–H and O–H groups in total. The van der Waals surface area contributed by atoms with E-state index in [1.54, 1.807) is 10.9 Å². The molecule has 22 heavy (non-hydrogen) atoms. The predicted molar refractivity (Wildman–Crippen MR) is 80.4 cm³/mol. The molecule has 0 aliphatic rings. The van der Waals surface area contributed by atoms with Crippen LogP contribution in [0.25, 0.3) is 0 Å². The number of amides is 1. The van der Waals surface area contributed by atoms with Crippen molar-refractivity contribution < 1.29 is 19.4 Å². The summed E-state index contributed by atoms with van der Waals surface area (Å²) in [5.74, 6) is -1.10. The highest BCUT2D eigenvalue weighted by Gasteiger charge is 2.14. The normalized spacial score (nSPS) is 10.3. The lowest BCUT2D eigenvalue weighted by Crippen LogP contribution is -2.12. The number of aromatic nitrogens is 2. The molecule has 0 radical (unpaired) electrons. The number of carbonyl (C=O) groups excluding carboxylic acids is 1. The molecule has 0 bridgehead atoms. The van der Waals surface area contributed by atoms with Gasteiger partial charge in [-0.1, -0.05) is 6.92 Å². The molecular formula is C15H17N3O4. The molecule has 2 rings (SSSR count). The summed E-state index contributed by atoms with van der Waals surface area (Å²) in [6, 6.07) is 4.26. The molecule has 0 saturated carbocycles. The van der Waals surface area contributed by atoms with Gasteiger partial charge in [0.2, 0.25) is 0 Å². The molecule has 0 atom stereocenters. The van der Waals surface area contributed by atoms with E-state index >= 15 is 0 Å². The topological polar surface area (TPSA) is 93.5 Å². The smallest absolute Gasteiger partial charge is 0.335 e. The number of nitrogens with one attached hydrogen (secondary N) is 1. The second-order valence-electron chi connectivity index (χ2n) is 4.67. The molecule has 1 amide bonds. The highest BCUT2D eigenvalue weighted by Crippen LogP contribution is 2.26. The van der Waals surface area contributed by atoms with Crippen LogP contribution in [0.15, 0.2) is 30.6 Å². The number of hydrogen-bond donors (Lipinski definition) is 2. The van der Waals surface area contributed by atoms with Gasteiger partial charge in [0.05, 0.1) is 30.1 Å². The number of ether oxygens (including phenoxy) is 1. The lowest BCUT2D eigenvalue weighted by atomic mass is 10.2. The van der Waals surface area contributed by atoms with E-state index in [1.165, 1.54) is 31.5 Å². The van der Waals surface area contributed by atoms with E-state index in [0.717, 1.165) is 13.0 Å². The maximum atomic E-state index is 12.2. The van der Waals surface area contributed by atoms with Gasteiger partial charge in [-0.2, -0.15) is 5.10 Å². The number of carboxylic acids is 1. The number of benzene rings is 1. The summed E-state index contributed by atoms with van der Waals surface area (Å²) >= 11 is 0. The lowest BCUT2D eigenvalue weighted by Gasteiger charge is -2.10. The van der Waals surface area contributed by atoms with Crippen molar-refractivity contribution in [3.63, 3.8) is 0 Å². The Morgan fingerprint density at radius 1 is 1.36 bits per heavy atom. The average Bonchev–Trinajstić information content (AvgIpc) is 2.96. The molecule has 1 aromatic carbocycles. The first-order valence-electron chi connectivity index (χ1n) is 6.80. The predicted octanol–water partition coefficient (Wildman–Crippen LogP) is 2.25. The zero-order valence-electron chi connectivity index (χ0n) is 12.4. The number of aromatic carboxylic acids is 1. The van der Waals surface area contributed by atoms with Gasteiger partial charge in [-0.3, -0.25) is 9.48 Å². The zero-order valence-corrected chi connectivity index (χ0v) is 12.4. The van der Waals surface area contributed by atoms with Crippen LogP contribution in [0.3, 0.4) is 0 Å². The number of anilines is 1. The number of carbonyl (C=O) groups is 2. The van der Waals surface area contributed by atoms with Crippen molar-refractivity contribution in [3.05, 3.63) is 41.7 Å². The summed E-state index contributed by atoms with van der Waals surface area (Å²) in [6.07, 6.45) is 4.08. The Labute approximate surface area is 127 Å². The van der Waals surface area contributed by atoms with E-state index in [1.807, 2.05) is 6.92 Å². The Morgan fingerprint density at radius 2 is 2.14 bits per heavy atom. The molecule has 116 valence electrons. The first-order chi connectivity index (χ1) is 10.5. The first-order valence-corrected chi connectivity index (χ1v) is 6.80. The maximum Gasteiger partial charge on any atom is 0.335 e. The standard InChI is InChI=1S/C15H17N3O4/c1-3-6-18-9-11(8-16-18)14(19)17-12-5-4-10(15(20)21)7-13(12)22-2/h4-5,7-9H,3,6H2,1-2H3,(H,17,19)(H,20,21). The largest absolute Gasteiger partial charge is 0.495 e. The van der Waals surface area contributed by atoms with Crippen LogP contribution in [0.1, 0.15) is 34.1 Å². The molecule has 7 heteroatoms. The molecule has 2 aromatic rings. The highest BCUT2D eigenvalue weighted by atomic mass is 16.5. The highest BCUT2D eigenvalue weighted by molar-refractivity contribution is 6.05. The van der Waals surface area contributed by atoms with Crippen molar-refractivity contribution in [1.82, 2.24) is 9.78 Å². The van der Waals surface area contributed by atoms with Gasteiger partial charge in [-0.25, -0.2) is 4.79 Å². The Morgan fingerprint density at radius 3 is 2.77 bits per heavy atom. The van der Waals surface area contributed by atoms with Crippen LogP contribution in [-0.2, 0) is 6.54 Å². The van der Waals surface area contributed by atoms with Crippen molar-refractivity contribution in [2.45, 2.75) is 19.9 Å². The summed E-state index contributed by atoms with van der Waals surface area (Å²) in [5, 5.41) is 15.7. The van der Waals surface area contributed by atoms with Crippen LogP contribution in [-0.4, -0.2) is 33.9 Å². The Kier molecular flexibility index (Phi) is 4.77. The molecule has 0 spiro atoms. The van der Waals surface area contributed by atoms with E-state index in [9.17, 15) is 9.59 Å². The van der Waals surface area contributed by atoms with Crippen LogP contribution in [0.2, 0.25) is 0 Å². The van der Waals surface area contributed by atoms with Crippen molar-refractivity contribution in [3.8, 4) is 5.75 Å². The van der Waals surface area contributed by atoms with Gasteiger partial charge in [-0.15, -0.1) is 0 Å². The summed E-state index contributed by atoms with van der Waals surface area (Å²) in [7, 11) is 1.41. The minimum absolute atomic E-state index is 0.0885. The third-order valence-electron chi connectivity index (χ3n) is 3.04. The maximum absolute atomic E-state index is 12.2. The zero-order chi connectivity index (χ0) is 16.1. The molecule has 1 aromatic heterocycles. The van der Waals surface area contributed by atoms with Crippen LogP contribution in [0, 0.1) is 0 Å². The molecule has 7 nitrogen and oxygen atoms in total. The van der Waals surface area contributed by atoms with Crippen LogP contribution in [0.4, 0.5) is 5.69 Å². The third kappa shape index (κ3) is 3.43. The molecule has 0 aliphatic carbocycles. The molecule has 0 fully saturated rings. The van der Waals surface area contributed by atoms with Gasteiger partial charge in [0, 0.05) is 12.7 Å². The van der Waals surface area contributed by atoms with Gasteiger partial charge in [0.25, 0.3) is 5.91 Å². The Hall–Kier alpha value is -2.83. The number of carboxylic acid groups (broad SMARTS) is 1. The Balaban J connectivity index is 2.18. The molecule has 0 saturated heterocycles. The van der Waals surface area contributed by atoms with E-state index in [4.69, 9.17) is 9.84 Å². The van der Waals surface area contributed by atoms with E-state index in [-0.39, 0.29) is 17.2 Å². The van der Waals surface area contributed by atoms with Gasteiger partial charge in [0.1, 0.15) is 5.75 Å². The van der Waals surface area contributed by atoms with Gasteiger partial charge < -0.3 is 15.2 Å². The van der Waals surface area contributed by atoms with Crippen molar-refractivity contribution in [2.75, 3.05) is 12.4 Å². The first kappa shape index (κ1) is 15.6. The average molecular weight is 303 g/mol. The number of nitrogens with zero attached hydrogens (tertiary/aromatic N) is 2. The van der Waals surface area contributed by atoms with E-state index in [0.29, 0.717) is 11.3 Å². The second-order valence-corrected chi connectivity index (χ2v) is 4.67. The number of methoxy groups -OCH3 is 1. The molecule has 1 heterocycles. The minimum atomic E-state index is -1.06. The van der Waals surface area contributed by atoms with Crippen LogP contribution >= 0.6 is 0 Å². The van der Waals surface area contributed by atoms with Gasteiger partial charge in [-0.05, 0) is 24.6 Å². The van der Waals surface area contributed by atoms with Gasteiger partial charge in [0.15, 0.2) is 0 Å². The molecule has 0 unspecified atom stereocenters. The quantitative estimate of drug-likeness (QED) is 0.853. The summed E-state index contributed by atoms with van der Waals surface area (Å²) in [6.45, 7) is 2.76. The minimum Gasteiger partial charge on any atom is -0.495 e. The SMILES string of the molecule is CCCn1cc(C(=O)Nc2ccc(C(=O)O)cc2OC)cn1. The molecule has 0 aliphatic heterocycles. The fraction of sp³-hybridized carbons (Fsp3) is 0.267. The summed E-state index contributed by atoms with van der Waals surface area (Å²) in [4.78, 5) is 23.1. The second kappa shape index (κ2) is 6.75. The summed E-state index contributed by atoms with van der Waals surface area (Å²) in [5.41, 5.74) is 0.921. The fourth-order valence-corrected chi connectivity index (χ4v) is 1.95. The number of hydrogen-bond acceptors (Lipinski definition) is 4. The monoisotopic (exact) mass is 303 g/mol.